The van der Waals surface area contributed by atoms with E-state index >= 15 is 0 Å². The summed E-state index contributed by atoms with van der Waals surface area (Å²) < 4.78 is 10.8. The molecular weight excluding hydrogens is 328 g/mol. The van der Waals surface area contributed by atoms with E-state index in [2.05, 4.69) is 38.2 Å². The number of carbonyl (C=O) groups is 2. The molecule has 4 atom stereocenters. The van der Waals surface area contributed by atoms with Crippen molar-refractivity contribution >= 4 is 11.9 Å². The summed E-state index contributed by atoms with van der Waals surface area (Å²) in [7, 11) is 0. The van der Waals surface area contributed by atoms with E-state index in [1.165, 1.54) is 0 Å². The SMILES string of the molecule is CC1CC=CCC1C(=O)OCCCCCCOC(=O)C1CC=CCC1C. The summed E-state index contributed by atoms with van der Waals surface area (Å²) in [5.74, 6) is 0.708. The fourth-order valence-electron chi connectivity index (χ4n) is 3.67. The first-order valence-corrected chi connectivity index (χ1v) is 10.2. The molecular formula is C22H34O4. The second-order valence-corrected chi connectivity index (χ2v) is 7.80. The molecule has 0 heterocycles. The Morgan fingerprint density at radius 2 is 1.08 bits per heavy atom. The van der Waals surface area contributed by atoms with Crippen molar-refractivity contribution in [3.63, 3.8) is 0 Å². The Labute approximate surface area is 158 Å². The maximum atomic E-state index is 12.1. The molecule has 0 aromatic heterocycles. The van der Waals surface area contributed by atoms with E-state index in [0.717, 1.165) is 51.4 Å². The number of hydrogen-bond donors (Lipinski definition) is 0. The molecule has 0 N–H and O–H groups in total. The van der Waals surface area contributed by atoms with E-state index in [1.807, 2.05) is 0 Å². The third kappa shape index (κ3) is 6.62. The molecule has 0 aromatic rings. The van der Waals surface area contributed by atoms with Gasteiger partial charge in [-0.05, 0) is 63.2 Å². The predicted octanol–water partition coefficient (Wildman–Crippen LogP) is 4.84. The summed E-state index contributed by atoms with van der Waals surface area (Å²) in [4.78, 5) is 24.2. The fourth-order valence-corrected chi connectivity index (χ4v) is 3.67. The van der Waals surface area contributed by atoms with Crippen molar-refractivity contribution in [2.24, 2.45) is 23.7 Å². The first-order valence-electron chi connectivity index (χ1n) is 10.2. The highest BCUT2D eigenvalue weighted by molar-refractivity contribution is 5.73. The van der Waals surface area contributed by atoms with Crippen LogP contribution in [-0.4, -0.2) is 25.2 Å². The van der Waals surface area contributed by atoms with Gasteiger partial charge in [0.05, 0.1) is 25.0 Å². The average molecular weight is 363 g/mol. The number of carbonyl (C=O) groups excluding carboxylic acids is 2. The Morgan fingerprint density at radius 1 is 0.692 bits per heavy atom. The molecule has 0 saturated heterocycles. The topological polar surface area (TPSA) is 52.6 Å². The van der Waals surface area contributed by atoms with E-state index in [4.69, 9.17) is 9.47 Å². The van der Waals surface area contributed by atoms with Crippen LogP contribution >= 0.6 is 0 Å². The Balaban J connectivity index is 1.47. The number of rotatable bonds is 9. The average Bonchev–Trinajstić information content (AvgIpc) is 2.64. The van der Waals surface area contributed by atoms with E-state index in [-0.39, 0.29) is 23.8 Å². The van der Waals surface area contributed by atoms with Crippen molar-refractivity contribution in [2.75, 3.05) is 13.2 Å². The molecule has 0 fully saturated rings. The second-order valence-electron chi connectivity index (χ2n) is 7.80. The number of hydrogen-bond acceptors (Lipinski definition) is 4. The molecule has 146 valence electrons. The van der Waals surface area contributed by atoms with Crippen LogP contribution in [0.3, 0.4) is 0 Å². The minimum Gasteiger partial charge on any atom is -0.465 e. The highest BCUT2D eigenvalue weighted by Gasteiger charge is 2.27. The van der Waals surface area contributed by atoms with Gasteiger partial charge in [-0.2, -0.15) is 0 Å². The molecule has 0 bridgehead atoms. The van der Waals surface area contributed by atoms with Crippen molar-refractivity contribution in [2.45, 2.75) is 65.2 Å². The smallest absolute Gasteiger partial charge is 0.309 e. The molecule has 2 aliphatic carbocycles. The predicted molar refractivity (Wildman–Crippen MR) is 102 cm³/mol. The van der Waals surface area contributed by atoms with E-state index in [9.17, 15) is 9.59 Å². The molecule has 0 amide bonds. The van der Waals surface area contributed by atoms with Gasteiger partial charge in [0.15, 0.2) is 0 Å². The molecule has 0 aliphatic heterocycles. The zero-order valence-electron chi connectivity index (χ0n) is 16.3. The van der Waals surface area contributed by atoms with Crippen molar-refractivity contribution < 1.29 is 19.1 Å². The molecule has 2 rings (SSSR count). The van der Waals surface area contributed by atoms with Gasteiger partial charge in [0.2, 0.25) is 0 Å². The van der Waals surface area contributed by atoms with Gasteiger partial charge in [-0.3, -0.25) is 9.59 Å². The maximum absolute atomic E-state index is 12.1. The van der Waals surface area contributed by atoms with Crippen LogP contribution < -0.4 is 0 Å². The quantitative estimate of drug-likeness (QED) is 0.335. The van der Waals surface area contributed by atoms with Gasteiger partial charge < -0.3 is 9.47 Å². The molecule has 4 nitrogen and oxygen atoms in total. The first-order chi connectivity index (χ1) is 12.6. The monoisotopic (exact) mass is 362 g/mol. The third-order valence-electron chi connectivity index (χ3n) is 5.64. The van der Waals surface area contributed by atoms with Crippen LogP contribution in [0.1, 0.15) is 65.2 Å². The van der Waals surface area contributed by atoms with Gasteiger partial charge >= 0.3 is 11.9 Å². The van der Waals surface area contributed by atoms with Crippen LogP contribution in [0.25, 0.3) is 0 Å². The molecule has 0 saturated carbocycles. The minimum absolute atomic E-state index is 0.0245. The summed E-state index contributed by atoms with van der Waals surface area (Å²) in [5.41, 5.74) is 0. The van der Waals surface area contributed by atoms with Crippen molar-refractivity contribution in [1.29, 1.82) is 0 Å². The van der Waals surface area contributed by atoms with Gasteiger partial charge in [0.1, 0.15) is 0 Å². The van der Waals surface area contributed by atoms with Crippen LogP contribution in [0.5, 0.6) is 0 Å². The molecule has 26 heavy (non-hydrogen) atoms. The molecule has 0 radical (unpaired) electrons. The van der Waals surface area contributed by atoms with Crippen molar-refractivity contribution in [3.8, 4) is 0 Å². The van der Waals surface area contributed by atoms with Gasteiger partial charge in [0.25, 0.3) is 0 Å². The first kappa shape index (κ1) is 20.7. The number of unbranched alkanes of at least 4 members (excludes halogenated alkanes) is 3. The van der Waals surface area contributed by atoms with Crippen LogP contribution in [-0.2, 0) is 19.1 Å². The summed E-state index contributed by atoms with van der Waals surface area (Å²) in [5, 5.41) is 0. The van der Waals surface area contributed by atoms with E-state index in [0.29, 0.717) is 25.0 Å². The molecule has 2 aliphatic rings. The normalized spacial score (nSPS) is 27.9. The molecule has 4 heteroatoms. The lowest BCUT2D eigenvalue weighted by Crippen LogP contribution is -2.25. The zero-order valence-corrected chi connectivity index (χ0v) is 16.3. The fraction of sp³-hybridized carbons (Fsp3) is 0.727. The largest absolute Gasteiger partial charge is 0.465 e. The Morgan fingerprint density at radius 3 is 1.46 bits per heavy atom. The highest BCUT2D eigenvalue weighted by atomic mass is 16.5. The summed E-state index contributed by atoms with van der Waals surface area (Å²) in [6.07, 6.45) is 15.7. The Bertz CT molecular complexity index is 462. The zero-order chi connectivity index (χ0) is 18.8. The lowest BCUT2D eigenvalue weighted by molar-refractivity contribution is -0.151. The summed E-state index contributed by atoms with van der Waals surface area (Å²) >= 11 is 0. The van der Waals surface area contributed by atoms with Gasteiger partial charge in [-0.15, -0.1) is 0 Å². The lowest BCUT2D eigenvalue weighted by Gasteiger charge is -2.23. The van der Waals surface area contributed by atoms with E-state index in [1.54, 1.807) is 0 Å². The van der Waals surface area contributed by atoms with Crippen molar-refractivity contribution in [3.05, 3.63) is 24.3 Å². The summed E-state index contributed by atoms with van der Waals surface area (Å²) in [6.45, 7) is 5.22. The third-order valence-corrected chi connectivity index (χ3v) is 5.64. The van der Waals surface area contributed by atoms with Gasteiger partial charge in [0, 0.05) is 0 Å². The number of allylic oxidation sites excluding steroid dienone is 4. The highest BCUT2D eigenvalue weighted by Crippen LogP contribution is 2.27. The van der Waals surface area contributed by atoms with Crippen LogP contribution in [0.2, 0.25) is 0 Å². The standard InChI is InChI=1S/C22H34O4/c1-17-11-5-7-13-19(17)21(23)25-15-9-3-4-10-16-26-22(24)20-14-8-6-12-18(20)2/h5-8,17-20H,3-4,9-16H2,1-2H3. The molecule has 4 unspecified atom stereocenters. The Hall–Kier alpha value is -1.58. The van der Waals surface area contributed by atoms with Crippen LogP contribution in [0, 0.1) is 23.7 Å². The molecule has 0 spiro atoms. The van der Waals surface area contributed by atoms with Gasteiger partial charge in [-0.25, -0.2) is 0 Å². The minimum atomic E-state index is -0.0496. The number of ether oxygens (including phenoxy) is 2. The van der Waals surface area contributed by atoms with Crippen LogP contribution in [0.15, 0.2) is 24.3 Å². The van der Waals surface area contributed by atoms with Gasteiger partial charge in [-0.1, -0.05) is 38.2 Å². The summed E-state index contributed by atoms with van der Waals surface area (Å²) in [6, 6.07) is 0. The maximum Gasteiger partial charge on any atom is 0.309 e. The van der Waals surface area contributed by atoms with E-state index < -0.39 is 0 Å². The number of esters is 2. The Kier molecular flexibility index (Phi) is 8.93. The molecule has 0 aromatic carbocycles. The van der Waals surface area contributed by atoms with Crippen LogP contribution in [0.4, 0.5) is 0 Å². The van der Waals surface area contributed by atoms with Crippen molar-refractivity contribution in [1.82, 2.24) is 0 Å². The second kappa shape index (κ2) is 11.2. The lowest BCUT2D eigenvalue weighted by atomic mass is 9.84.